The highest BCUT2D eigenvalue weighted by atomic mass is 16.3. The van der Waals surface area contributed by atoms with Gasteiger partial charge in [-0.2, -0.15) is 0 Å². The highest BCUT2D eigenvalue weighted by Crippen LogP contribution is 2.29. The summed E-state index contributed by atoms with van der Waals surface area (Å²) < 4.78 is 0. The second-order valence-corrected chi connectivity index (χ2v) is 6.44. The molecule has 0 aromatic heterocycles. The summed E-state index contributed by atoms with van der Waals surface area (Å²) in [7, 11) is 2.15. The number of hydrogen-bond acceptors (Lipinski definition) is 2. The molecule has 1 aromatic rings. The van der Waals surface area contributed by atoms with Crippen LogP contribution < -0.4 is 0 Å². The molecule has 0 radical (unpaired) electrons. The molecule has 1 atom stereocenters. The van der Waals surface area contributed by atoms with Gasteiger partial charge in [0, 0.05) is 13.0 Å². The summed E-state index contributed by atoms with van der Waals surface area (Å²) in [6, 6.07) is 4.46. The maximum Gasteiger partial charge on any atom is 0.0700 e. The standard InChI is InChI=1S/C17H27NO/c1-13-10-14(2)16(15(3)11-13)12-17(19)6-5-8-18(4)9-7-17/h10-11,19H,5-9,12H2,1-4H3. The molecule has 1 heterocycles. The molecule has 0 amide bonds. The monoisotopic (exact) mass is 261 g/mol. The fourth-order valence-corrected chi connectivity index (χ4v) is 3.31. The zero-order chi connectivity index (χ0) is 14.0. The lowest BCUT2D eigenvalue weighted by molar-refractivity contribution is 0.0260. The average molecular weight is 261 g/mol. The van der Waals surface area contributed by atoms with Gasteiger partial charge in [-0.3, -0.25) is 0 Å². The van der Waals surface area contributed by atoms with Crippen molar-refractivity contribution < 1.29 is 5.11 Å². The number of hydrogen-bond donors (Lipinski definition) is 1. The molecule has 1 aromatic carbocycles. The van der Waals surface area contributed by atoms with Crippen molar-refractivity contribution in [1.29, 1.82) is 0 Å². The highest BCUT2D eigenvalue weighted by Gasteiger charge is 2.30. The van der Waals surface area contributed by atoms with Crippen LogP contribution in [0.5, 0.6) is 0 Å². The van der Waals surface area contributed by atoms with Gasteiger partial charge in [-0.05, 0) is 70.3 Å². The van der Waals surface area contributed by atoms with E-state index in [1.54, 1.807) is 0 Å². The van der Waals surface area contributed by atoms with Gasteiger partial charge >= 0.3 is 0 Å². The molecule has 2 rings (SSSR count). The van der Waals surface area contributed by atoms with Gasteiger partial charge in [0.2, 0.25) is 0 Å². The zero-order valence-electron chi connectivity index (χ0n) is 12.8. The molecule has 1 unspecified atom stereocenters. The second kappa shape index (κ2) is 5.64. The van der Waals surface area contributed by atoms with Crippen LogP contribution in [0.15, 0.2) is 12.1 Å². The molecule has 0 spiro atoms. The van der Waals surface area contributed by atoms with Gasteiger partial charge < -0.3 is 10.0 Å². The Balaban J connectivity index is 2.20. The van der Waals surface area contributed by atoms with Crippen LogP contribution in [0.4, 0.5) is 0 Å². The SMILES string of the molecule is Cc1cc(C)c(CC2(O)CCCN(C)CC2)c(C)c1. The smallest absolute Gasteiger partial charge is 0.0700 e. The van der Waals surface area contributed by atoms with Crippen LogP contribution >= 0.6 is 0 Å². The Morgan fingerprint density at radius 2 is 1.74 bits per heavy atom. The molecule has 1 saturated heterocycles. The van der Waals surface area contributed by atoms with Crippen LogP contribution in [0.25, 0.3) is 0 Å². The molecule has 0 aliphatic carbocycles. The quantitative estimate of drug-likeness (QED) is 0.884. The summed E-state index contributed by atoms with van der Waals surface area (Å²) in [6.45, 7) is 8.58. The molecular weight excluding hydrogens is 234 g/mol. The van der Waals surface area contributed by atoms with Gasteiger partial charge in [0.1, 0.15) is 0 Å². The normalized spacial score (nSPS) is 25.3. The van der Waals surface area contributed by atoms with Gasteiger partial charge in [-0.15, -0.1) is 0 Å². The van der Waals surface area contributed by atoms with E-state index in [4.69, 9.17) is 0 Å². The maximum absolute atomic E-state index is 10.9. The minimum Gasteiger partial charge on any atom is -0.389 e. The Labute approximate surface area is 117 Å². The first kappa shape index (κ1) is 14.5. The lowest BCUT2D eigenvalue weighted by Gasteiger charge is -2.28. The predicted octanol–water partition coefficient (Wildman–Crippen LogP) is 3.00. The fraction of sp³-hybridized carbons (Fsp3) is 0.647. The van der Waals surface area contributed by atoms with Crippen LogP contribution in [0.3, 0.4) is 0 Å². The van der Waals surface area contributed by atoms with Crippen molar-refractivity contribution in [2.45, 2.75) is 52.1 Å². The van der Waals surface area contributed by atoms with Crippen molar-refractivity contribution in [3.63, 3.8) is 0 Å². The van der Waals surface area contributed by atoms with Crippen LogP contribution in [-0.2, 0) is 6.42 Å². The van der Waals surface area contributed by atoms with Crippen LogP contribution in [0.2, 0.25) is 0 Å². The van der Waals surface area contributed by atoms with Gasteiger partial charge in [0.15, 0.2) is 0 Å². The number of likely N-dealkylation sites (tertiary alicyclic amines) is 1. The van der Waals surface area contributed by atoms with Crippen molar-refractivity contribution in [3.05, 3.63) is 34.4 Å². The van der Waals surface area contributed by atoms with Crippen LogP contribution in [0.1, 0.15) is 41.5 Å². The lowest BCUT2D eigenvalue weighted by atomic mass is 9.84. The summed E-state index contributed by atoms with van der Waals surface area (Å²) in [5.74, 6) is 0. The highest BCUT2D eigenvalue weighted by molar-refractivity contribution is 5.38. The number of benzene rings is 1. The zero-order valence-corrected chi connectivity index (χ0v) is 12.8. The molecule has 0 saturated carbocycles. The summed E-state index contributed by atoms with van der Waals surface area (Å²) in [5.41, 5.74) is 4.78. The number of aryl methyl sites for hydroxylation is 3. The first-order chi connectivity index (χ1) is 8.89. The Morgan fingerprint density at radius 1 is 1.11 bits per heavy atom. The van der Waals surface area contributed by atoms with E-state index in [1.807, 2.05) is 0 Å². The summed E-state index contributed by atoms with van der Waals surface area (Å²) in [6.07, 6.45) is 3.70. The van der Waals surface area contributed by atoms with Gasteiger partial charge in [0.05, 0.1) is 5.60 Å². The number of rotatable bonds is 2. The van der Waals surface area contributed by atoms with E-state index in [0.717, 1.165) is 38.8 Å². The largest absolute Gasteiger partial charge is 0.389 e. The van der Waals surface area contributed by atoms with Gasteiger partial charge in [0.25, 0.3) is 0 Å². The molecule has 106 valence electrons. The molecule has 1 aliphatic heterocycles. The Bertz CT molecular complexity index is 432. The van der Waals surface area contributed by atoms with Crippen LogP contribution in [0, 0.1) is 20.8 Å². The van der Waals surface area contributed by atoms with Crippen LogP contribution in [-0.4, -0.2) is 35.7 Å². The minimum atomic E-state index is -0.518. The van der Waals surface area contributed by atoms with E-state index in [0.29, 0.717) is 0 Å². The summed E-state index contributed by atoms with van der Waals surface area (Å²) >= 11 is 0. The predicted molar refractivity (Wildman–Crippen MR) is 80.7 cm³/mol. The van der Waals surface area contributed by atoms with Crippen molar-refractivity contribution >= 4 is 0 Å². The van der Waals surface area contributed by atoms with E-state index >= 15 is 0 Å². The fourth-order valence-electron chi connectivity index (χ4n) is 3.31. The van der Waals surface area contributed by atoms with Crippen molar-refractivity contribution in [3.8, 4) is 0 Å². The third kappa shape index (κ3) is 3.58. The third-order valence-electron chi connectivity index (χ3n) is 4.49. The van der Waals surface area contributed by atoms with E-state index in [-0.39, 0.29) is 0 Å². The topological polar surface area (TPSA) is 23.5 Å². The average Bonchev–Trinajstić information content (AvgIpc) is 2.47. The molecule has 2 heteroatoms. The maximum atomic E-state index is 10.9. The van der Waals surface area contributed by atoms with E-state index in [1.165, 1.54) is 22.3 Å². The summed E-state index contributed by atoms with van der Waals surface area (Å²) in [4.78, 5) is 2.33. The Hall–Kier alpha value is -0.860. The molecular formula is C17H27NO. The second-order valence-electron chi connectivity index (χ2n) is 6.44. The minimum absolute atomic E-state index is 0.518. The first-order valence-electron chi connectivity index (χ1n) is 7.37. The Morgan fingerprint density at radius 3 is 2.37 bits per heavy atom. The molecule has 1 N–H and O–H groups in total. The molecule has 1 fully saturated rings. The first-order valence-corrected chi connectivity index (χ1v) is 7.37. The van der Waals surface area contributed by atoms with Crippen molar-refractivity contribution in [1.82, 2.24) is 4.90 Å². The van der Waals surface area contributed by atoms with Crippen molar-refractivity contribution in [2.24, 2.45) is 0 Å². The molecule has 2 nitrogen and oxygen atoms in total. The number of aliphatic hydroxyl groups is 1. The Kier molecular flexibility index (Phi) is 4.32. The molecule has 0 bridgehead atoms. The van der Waals surface area contributed by atoms with E-state index < -0.39 is 5.60 Å². The summed E-state index contributed by atoms with van der Waals surface area (Å²) in [5, 5.41) is 10.9. The number of nitrogens with zero attached hydrogens (tertiary/aromatic N) is 1. The molecule has 19 heavy (non-hydrogen) atoms. The van der Waals surface area contributed by atoms with Gasteiger partial charge in [-0.1, -0.05) is 17.7 Å². The van der Waals surface area contributed by atoms with E-state index in [9.17, 15) is 5.11 Å². The third-order valence-corrected chi connectivity index (χ3v) is 4.49. The lowest BCUT2D eigenvalue weighted by Crippen LogP contribution is -2.33. The van der Waals surface area contributed by atoms with Crippen molar-refractivity contribution in [2.75, 3.05) is 20.1 Å². The van der Waals surface area contributed by atoms with Gasteiger partial charge in [-0.25, -0.2) is 0 Å². The van der Waals surface area contributed by atoms with E-state index in [2.05, 4.69) is 44.9 Å². The molecule has 1 aliphatic rings.